The summed E-state index contributed by atoms with van der Waals surface area (Å²) in [6.07, 6.45) is 0. The Hall–Kier alpha value is -1.88. The third-order valence-corrected chi connectivity index (χ3v) is 4.24. The van der Waals surface area contributed by atoms with Gasteiger partial charge in [0.15, 0.2) is 0 Å². The van der Waals surface area contributed by atoms with E-state index in [1.54, 1.807) is 12.1 Å². The normalized spacial score (nSPS) is 9.81. The minimum Gasteiger partial charge on any atom is -0.487 e. The summed E-state index contributed by atoms with van der Waals surface area (Å²) in [4.78, 5) is 11.3. The summed E-state index contributed by atoms with van der Waals surface area (Å²) in [6.45, 7) is 0.0550. The van der Waals surface area contributed by atoms with E-state index in [1.165, 1.54) is 17.4 Å². The Bertz CT molecular complexity index is 717. The van der Waals surface area contributed by atoms with E-state index in [-0.39, 0.29) is 18.9 Å². The number of hydrogen-bond acceptors (Lipinski definition) is 5. The minimum absolute atomic E-state index is 0.0426. The van der Waals surface area contributed by atoms with E-state index in [9.17, 15) is 10.1 Å². The first-order valence-corrected chi connectivity index (χ1v) is 7.52. The molecule has 0 unspecified atom stereocenters. The number of halogens is 1. The highest BCUT2D eigenvalue weighted by atomic mass is 79.9. The van der Waals surface area contributed by atoms with Crippen LogP contribution in [0.1, 0.15) is 10.4 Å². The fourth-order valence-electron chi connectivity index (χ4n) is 1.59. The van der Waals surface area contributed by atoms with Crippen LogP contribution in [0.3, 0.4) is 0 Å². The summed E-state index contributed by atoms with van der Waals surface area (Å²) in [7, 11) is 0. The molecule has 2 rings (SSSR count). The van der Waals surface area contributed by atoms with Crippen LogP contribution < -0.4 is 4.74 Å². The van der Waals surface area contributed by atoms with Gasteiger partial charge in [-0.3, -0.25) is 10.1 Å². The number of benzene rings is 1. The van der Waals surface area contributed by atoms with Crippen LogP contribution in [0.5, 0.6) is 5.75 Å². The Morgan fingerprint density at radius 1 is 1.43 bits per heavy atom. The van der Waals surface area contributed by atoms with E-state index in [1.807, 2.05) is 11.4 Å². The van der Waals surface area contributed by atoms with Crippen molar-refractivity contribution in [2.24, 2.45) is 0 Å². The molecule has 0 saturated carbocycles. The van der Waals surface area contributed by atoms with Gasteiger partial charge in [0.1, 0.15) is 23.4 Å². The van der Waals surface area contributed by atoms with Gasteiger partial charge in [-0.15, -0.1) is 11.3 Å². The predicted octanol–water partition coefficient (Wildman–Crippen LogP) is 3.34. The maximum absolute atomic E-state index is 10.9. The number of thiophene rings is 1. The van der Waals surface area contributed by atoms with Crippen LogP contribution in [-0.2, 0) is 6.61 Å². The van der Waals surface area contributed by atoms with Crippen LogP contribution in [0.25, 0.3) is 0 Å². The summed E-state index contributed by atoms with van der Waals surface area (Å²) >= 11 is 4.66. The third-order valence-electron chi connectivity index (χ3n) is 2.55. The fraction of sp³-hybridized carbons (Fsp3) is 0.143. The topological polar surface area (TPSA) is 72.6 Å². The molecule has 1 aromatic carbocycles. The van der Waals surface area contributed by atoms with Crippen molar-refractivity contribution >= 4 is 33.0 Å². The summed E-state index contributed by atoms with van der Waals surface area (Å²) in [5.74, 6) is 5.82. The number of hydrogen-bond donors (Lipinski definition) is 1. The van der Waals surface area contributed by atoms with Gasteiger partial charge in [-0.05, 0) is 33.4 Å². The van der Waals surface area contributed by atoms with Gasteiger partial charge in [0.2, 0.25) is 0 Å². The zero-order chi connectivity index (χ0) is 15.2. The van der Waals surface area contributed by atoms with Crippen molar-refractivity contribution in [1.29, 1.82) is 0 Å². The lowest BCUT2D eigenvalue weighted by Gasteiger charge is -2.07. The van der Waals surface area contributed by atoms with Crippen molar-refractivity contribution < 1.29 is 14.8 Å². The van der Waals surface area contributed by atoms with Gasteiger partial charge in [0, 0.05) is 11.6 Å². The lowest BCUT2D eigenvalue weighted by atomic mass is 10.2. The molecule has 0 aliphatic rings. The standard InChI is InChI=1S/C14H10BrNO4S/c15-14-11(16(18)19)4-1-5-12(14)20-9-13-10(3-2-7-17)6-8-21-13/h1,4-6,8,17H,7,9H2. The smallest absolute Gasteiger partial charge is 0.287 e. The van der Waals surface area contributed by atoms with Crippen molar-refractivity contribution in [2.75, 3.05) is 6.61 Å². The molecule has 21 heavy (non-hydrogen) atoms. The van der Waals surface area contributed by atoms with Gasteiger partial charge in [-0.25, -0.2) is 0 Å². The van der Waals surface area contributed by atoms with E-state index >= 15 is 0 Å². The fourth-order valence-corrected chi connectivity index (χ4v) is 2.86. The highest BCUT2D eigenvalue weighted by Gasteiger charge is 2.16. The largest absolute Gasteiger partial charge is 0.487 e. The Kier molecular flexibility index (Phi) is 5.33. The lowest BCUT2D eigenvalue weighted by molar-refractivity contribution is -0.385. The molecule has 1 aromatic heterocycles. The van der Waals surface area contributed by atoms with E-state index in [4.69, 9.17) is 9.84 Å². The second-order valence-corrected chi connectivity index (χ2v) is 5.65. The second-order valence-electron chi connectivity index (χ2n) is 3.85. The van der Waals surface area contributed by atoms with E-state index in [2.05, 4.69) is 27.8 Å². The molecule has 2 aromatic rings. The first-order valence-electron chi connectivity index (χ1n) is 5.85. The van der Waals surface area contributed by atoms with Crippen LogP contribution in [0.2, 0.25) is 0 Å². The number of aliphatic hydroxyl groups is 1. The summed E-state index contributed by atoms with van der Waals surface area (Å²) in [5, 5.41) is 21.4. The number of nitro groups is 1. The molecule has 0 saturated heterocycles. The van der Waals surface area contributed by atoms with Crippen molar-refractivity contribution in [3.05, 3.63) is 54.7 Å². The Balaban J connectivity index is 2.16. The molecular weight excluding hydrogens is 358 g/mol. The highest BCUT2D eigenvalue weighted by Crippen LogP contribution is 2.34. The average Bonchev–Trinajstić information content (AvgIpc) is 2.91. The van der Waals surface area contributed by atoms with Crippen LogP contribution in [0.15, 0.2) is 34.1 Å². The van der Waals surface area contributed by atoms with Gasteiger partial charge in [0.05, 0.1) is 9.80 Å². The van der Waals surface area contributed by atoms with Gasteiger partial charge in [-0.1, -0.05) is 17.9 Å². The molecule has 0 spiro atoms. The molecular formula is C14H10BrNO4S. The number of nitrogens with zero attached hydrogens (tertiary/aromatic N) is 1. The van der Waals surface area contributed by atoms with E-state index in [0.29, 0.717) is 10.2 Å². The van der Waals surface area contributed by atoms with Gasteiger partial charge >= 0.3 is 0 Å². The molecule has 7 heteroatoms. The molecule has 0 amide bonds. The summed E-state index contributed by atoms with van der Waals surface area (Å²) in [6, 6.07) is 6.47. The van der Waals surface area contributed by atoms with Crippen molar-refractivity contribution in [1.82, 2.24) is 0 Å². The van der Waals surface area contributed by atoms with Gasteiger partial charge < -0.3 is 9.84 Å². The SMILES string of the molecule is O=[N+]([O-])c1cccc(OCc2sccc2C#CCO)c1Br. The molecule has 108 valence electrons. The molecule has 5 nitrogen and oxygen atoms in total. The van der Waals surface area contributed by atoms with E-state index in [0.717, 1.165) is 10.4 Å². The Labute approximate surface area is 133 Å². The number of nitro benzene ring substituents is 1. The van der Waals surface area contributed by atoms with Gasteiger partial charge in [0.25, 0.3) is 5.69 Å². The molecule has 0 fully saturated rings. The number of aliphatic hydroxyl groups excluding tert-OH is 1. The molecule has 0 aliphatic heterocycles. The van der Waals surface area contributed by atoms with Crippen LogP contribution >= 0.6 is 27.3 Å². The predicted molar refractivity (Wildman–Crippen MR) is 83.4 cm³/mol. The van der Waals surface area contributed by atoms with Crippen LogP contribution in [0.4, 0.5) is 5.69 Å². The molecule has 1 N–H and O–H groups in total. The Morgan fingerprint density at radius 2 is 2.24 bits per heavy atom. The monoisotopic (exact) mass is 367 g/mol. The van der Waals surface area contributed by atoms with E-state index < -0.39 is 4.92 Å². The first kappa shape index (κ1) is 15.5. The molecule has 0 radical (unpaired) electrons. The Morgan fingerprint density at radius 3 is 2.95 bits per heavy atom. The molecule has 0 bridgehead atoms. The summed E-state index contributed by atoms with van der Waals surface area (Å²) in [5.41, 5.74) is 0.745. The highest BCUT2D eigenvalue weighted by molar-refractivity contribution is 9.10. The minimum atomic E-state index is -0.472. The zero-order valence-corrected chi connectivity index (χ0v) is 13.1. The zero-order valence-electron chi connectivity index (χ0n) is 10.7. The maximum atomic E-state index is 10.9. The number of rotatable bonds is 4. The third kappa shape index (κ3) is 3.82. The van der Waals surface area contributed by atoms with Crippen molar-refractivity contribution in [3.63, 3.8) is 0 Å². The average molecular weight is 368 g/mol. The molecule has 1 heterocycles. The van der Waals surface area contributed by atoms with Crippen LogP contribution in [-0.4, -0.2) is 16.6 Å². The second kappa shape index (κ2) is 7.22. The van der Waals surface area contributed by atoms with Gasteiger partial charge in [-0.2, -0.15) is 0 Å². The number of ether oxygens (including phenoxy) is 1. The molecule has 0 aliphatic carbocycles. The first-order chi connectivity index (χ1) is 10.1. The van der Waals surface area contributed by atoms with Crippen molar-refractivity contribution in [2.45, 2.75) is 6.61 Å². The van der Waals surface area contributed by atoms with Crippen molar-refractivity contribution in [3.8, 4) is 17.6 Å². The quantitative estimate of drug-likeness (QED) is 0.510. The summed E-state index contributed by atoms with van der Waals surface area (Å²) < 4.78 is 5.94. The molecule has 0 atom stereocenters. The van der Waals surface area contributed by atoms with Crippen LogP contribution in [0, 0.1) is 22.0 Å². The maximum Gasteiger partial charge on any atom is 0.287 e. The lowest BCUT2D eigenvalue weighted by Crippen LogP contribution is -1.97.